The van der Waals surface area contributed by atoms with E-state index in [1.54, 1.807) is 12.1 Å². The first-order chi connectivity index (χ1) is 11.0. The van der Waals surface area contributed by atoms with Crippen LogP contribution in [-0.2, 0) is 4.79 Å². The summed E-state index contributed by atoms with van der Waals surface area (Å²) in [4.78, 5) is 21.8. The zero-order valence-electron chi connectivity index (χ0n) is 11.9. The summed E-state index contributed by atoms with van der Waals surface area (Å²) < 4.78 is 0. The molecule has 0 aliphatic heterocycles. The molecule has 23 heavy (non-hydrogen) atoms. The predicted molar refractivity (Wildman–Crippen MR) is 85.9 cm³/mol. The molecule has 0 amide bonds. The number of para-hydroxylation sites is 1. The van der Waals surface area contributed by atoms with Crippen LogP contribution in [0.3, 0.4) is 0 Å². The topological polar surface area (TPSA) is 101 Å². The number of aliphatic hydroxyl groups excluding tert-OH is 1. The molecule has 0 spiro atoms. The van der Waals surface area contributed by atoms with E-state index >= 15 is 0 Å². The summed E-state index contributed by atoms with van der Waals surface area (Å²) in [5.41, 5.74) is 0.731. The van der Waals surface area contributed by atoms with Crippen LogP contribution < -0.4 is 0 Å². The minimum Gasteiger partial charge on any atom is -0.507 e. The highest BCUT2D eigenvalue weighted by molar-refractivity contribution is 6.05. The van der Waals surface area contributed by atoms with E-state index < -0.39 is 10.7 Å². The van der Waals surface area contributed by atoms with E-state index in [0.29, 0.717) is 5.56 Å². The van der Waals surface area contributed by atoms with E-state index in [1.807, 2.05) is 0 Å². The van der Waals surface area contributed by atoms with E-state index in [4.69, 9.17) is 0 Å². The second kappa shape index (κ2) is 7.04. The number of aliphatic hydroxyl groups is 1. The van der Waals surface area contributed by atoms with Crippen molar-refractivity contribution < 1.29 is 19.9 Å². The molecule has 2 aromatic carbocycles. The zero-order chi connectivity index (χ0) is 16.8. The number of hydrogen-bond acceptors (Lipinski definition) is 5. The predicted octanol–water partition coefficient (Wildman–Crippen LogP) is 3.48. The van der Waals surface area contributed by atoms with Gasteiger partial charge in [0.15, 0.2) is 5.78 Å². The van der Waals surface area contributed by atoms with Gasteiger partial charge in [-0.3, -0.25) is 14.9 Å². The standard InChI is InChI=1S/C17H13NO5/c19-14(11-17(21)15-3-1-2-4-16(15)20)10-7-12-5-8-13(9-6-12)18(22)23/h1-11,20-21H/b10-7+,17-11?. The van der Waals surface area contributed by atoms with E-state index in [2.05, 4.69) is 0 Å². The molecule has 0 radical (unpaired) electrons. The van der Waals surface area contributed by atoms with Crippen LogP contribution in [0.2, 0.25) is 0 Å². The minimum atomic E-state index is -0.508. The largest absolute Gasteiger partial charge is 0.507 e. The fourth-order valence-corrected chi connectivity index (χ4v) is 1.84. The van der Waals surface area contributed by atoms with Crippen LogP contribution in [0.4, 0.5) is 5.69 Å². The Morgan fingerprint density at radius 1 is 1.09 bits per heavy atom. The van der Waals surface area contributed by atoms with Gasteiger partial charge in [-0.2, -0.15) is 0 Å². The molecule has 0 bridgehead atoms. The Morgan fingerprint density at radius 2 is 1.74 bits per heavy atom. The summed E-state index contributed by atoms with van der Waals surface area (Å²) in [6, 6.07) is 11.8. The quantitative estimate of drug-likeness (QED) is 0.381. The number of allylic oxidation sites excluding steroid dienone is 2. The first-order valence-corrected chi connectivity index (χ1v) is 6.63. The van der Waals surface area contributed by atoms with E-state index in [1.165, 1.54) is 48.6 Å². The monoisotopic (exact) mass is 311 g/mol. The molecular weight excluding hydrogens is 298 g/mol. The molecule has 6 heteroatoms. The van der Waals surface area contributed by atoms with Crippen LogP contribution >= 0.6 is 0 Å². The van der Waals surface area contributed by atoms with Gasteiger partial charge in [-0.25, -0.2) is 0 Å². The number of nitro groups is 1. The number of phenolic OH excluding ortho intramolecular Hbond substituents is 1. The number of carbonyl (C=O) groups is 1. The third-order valence-electron chi connectivity index (χ3n) is 3.00. The summed E-state index contributed by atoms with van der Waals surface area (Å²) in [5.74, 6) is -0.959. The van der Waals surface area contributed by atoms with Gasteiger partial charge in [0, 0.05) is 18.2 Å². The number of benzene rings is 2. The minimum absolute atomic E-state index is 0.0365. The van der Waals surface area contributed by atoms with Crippen molar-refractivity contribution in [2.45, 2.75) is 0 Å². The summed E-state index contributed by atoms with van der Waals surface area (Å²) in [6.07, 6.45) is 3.68. The second-order valence-electron chi connectivity index (χ2n) is 4.63. The highest BCUT2D eigenvalue weighted by Gasteiger charge is 2.06. The van der Waals surface area contributed by atoms with E-state index in [-0.39, 0.29) is 22.8 Å². The van der Waals surface area contributed by atoms with Gasteiger partial charge in [-0.1, -0.05) is 18.2 Å². The molecule has 0 aromatic heterocycles. The lowest BCUT2D eigenvalue weighted by Gasteiger charge is -2.01. The highest BCUT2D eigenvalue weighted by Crippen LogP contribution is 2.22. The summed E-state index contributed by atoms with van der Waals surface area (Å²) in [7, 11) is 0. The van der Waals surface area contributed by atoms with Gasteiger partial charge in [0.2, 0.25) is 0 Å². The smallest absolute Gasteiger partial charge is 0.269 e. The Balaban J connectivity index is 2.10. The molecule has 116 valence electrons. The lowest BCUT2D eigenvalue weighted by Crippen LogP contribution is -1.91. The normalized spacial score (nSPS) is 11.6. The Hall–Kier alpha value is -3.41. The van der Waals surface area contributed by atoms with Gasteiger partial charge in [-0.05, 0) is 35.9 Å². The van der Waals surface area contributed by atoms with Gasteiger partial charge in [0.05, 0.1) is 10.5 Å². The van der Waals surface area contributed by atoms with Gasteiger partial charge in [0.1, 0.15) is 11.5 Å². The second-order valence-corrected chi connectivity index (χ2v) is 4.63. The van der Waals surface area contributed by atoms with Crippen molar-refractivity contribution >= 4 is 23.3 Å². The van der Waals surface area contributed by atoms with Gasteiger partial charge in [-0.15, -0.1) is 0 Å². The number of ketones is 1. The molecule has 0 fully saturated rings. The van der Waals surface area contributed by atoms with Gasteiger partial charge < -0.3 is 10.2 Å². The molecule has 0 heterocycles. The van der Waals surface area contributed by atoms with Gasteiger partial charge in [0.25, 0.3) is 5.69 Å². The average molecular weight is 311 g/mol. The third kappa shape index (κ3) is 4.28. The molecule has 0 atom stereocenters. The number of nitrogens with zero attached hydrogens (tertiary/aromatic N) is 1. The van der Waals surface area contributed by atoms with Crippen LogP contribution in [0.5, 0.6) is 5.75 Å². The molecule has 6 nitrogen and oxygen atoms in total. The van der Waals surface area contributed by atoms with Crippen molar-refractivity contribution in [1.29, 1.82) is 0 Å². The molecule has 2 N–H and O–H groups in total. The third-order valence-corrected chi connectivity index (χ3v) is 3.00. The van der Waals surface area contributed by atoms with Crippen LogP contribution in [0.1, 0.15) is 11.1 Å². The Labute approximate surface area is 131 Å². The van der Waals surface area contributed by atoms with Crippen LogP contribution in [0.25, 0.3) is 11.8 Å². The van der Waals surface area contributed by atoms with Crippen LogP contribution in [0.15, 0.2) is 60.7 Å². The van der Waals surface area contributed by atoms with Crippen molar-refractivity contribution in [3.05, 3.63) is 81.9 Å². The number of non-ortho nitro benzene ring substituents is 1. The highest BCUT2D eigenvalue weighted by atomic mass is 16.6. The molecule has 2 aromatic rings. The summed E-state index contributed by atoms with van der Waals surface area (Å²) >= 11 is 0. The zero-order valence-corrected chi connectivity index (χ0v) is 11.9. The van der Waals surface area contributed by atoms with Crippen molar-refractivity contribution in [2.24, 2.45) is 0 Å². The Bertz CT molecular complexity index is 791. The number of phenols is 1. The number of hydrogen-bond donors (Lipinski definition) is 2. The van der Waals surface area contributed by atoms with Crippen molar-refractivity contribution in [3.8, 4) is 5.75 Å². The maximum Gasteiger partial charge on any atom is 0.269 e. The fraction of sp³-hybridized carbons (Fsp3) is 0. The summed E-state index contributed by atoms with van der Waals surface area (Å²) in [6.45, 7) is 0. The number of carbonyl (C=O) groups excluding carboxylic acids is 1. The molecule has 0 saturated carbocycles. The number of aromatic hydroxyl groups is 1. The molecule has 0 aliphatic rings. The Kier molecular flexibility index (Phi) is 4.89. The lowest BCUT2D eigenvalue weighted by molar-refractivity contribution is -0.384. The molecular formula is C17H13NO5. The fourth-order valence-electron chi connectivity index (χ4n) is 1.84. The van der Waals surface area contributed by atoms with Crippen molar-refractivity contribution in [2.75, 3.05) is 0 Å². The number of rotatable bonds is 5. The molecule has 0 unspecified atom stereocenters. The van der Waals surface area contributed by atoms with E-state index in [9.17, 15) is 25.1 Å². The molecule has 2 rings (SSSR count). The van der Waals surface area contributed by atoms with E-state index in [0.717, 1.165) is 6.08 Å². The average Bonchev–Trinajstić information content (AvgIpc) is 2.53. The maximum atomic E-state index is 11.8. The number of nitro benzene ring substituents is 1. The van der Waals surface area contributed by atoms with Gasteiger partial charge >= 0.3 is 0 Å². The first kappa shape index (κ1) is 16.0. The van der Waals surface area contributed by atoms with Crippen molar-refractivity contribution in [3.63, 3.8) is 0 Å². The molecule has 0 aliphatic carbocycles. The first-order valence-electron chi connectivity index (χ1n) is 6.63. The maximum absolute atomic E-state index is 11.8. The van der Waals surface area contributed by atoms with Crippen LogP contribution in [0, 0.1) is 10.1 Å². The Morgan fingerprint density at radius 3 is 2.35 bits per heavy atom. The summed E-state index contributed by atoms with van der Waals surface area (Å²) in [5, 5.41) is 30.0. The SMILES string of the molecule is O=C(C=C(O)c1ccccc1O)/C=C/c1ccc([N+](=O)[O-])cc1. The lowest BCUT2D eigenvalue weighted by atomic mass is 10.1. The van der Waals surface area contributed by atoms with Crippen LogP contribution in [-0.4, -0.2) is 20.9 Å². The molecule has 0 saturated heterocycles. The van der Waals surface area contributed by atoms with Crippen molar-refractivity contribution in [1.82, 2.24) is 0 Å².